The van der Waals surface area contributed by atoms with Crippen molar-refractivity contribution in [2.45, 2.75) is 57.7 Å². The van der Waals surface area contributed by atoms with Crippen molar-refractivity contribution in [3.63, 3.8) is 0 Å². The van der Waals surface area contributed by atoms with E-state index in [2.05, 4.69) is 44.5 Å². The average molecular weight is 228 g/mol. The molecule has 0 aromatic heterocycles. The van der Waals surface area contributed by atoms with Crippen molar-refractivity contribution in [2.24, 2.45) is 0 Å². The summed E-state index contributed by atoms with van der Waals surface area (Å²) in [6.45, 7) is 9.94. The Hall–Kier alpha value is -0.120. The molecule has 1 heterocycles. The maximum atomic E-state index is 5.96. The molecule has 0 atom stereocenters. The van der Waals surface area contributed by atoms with Crippen molar-refractivity contribution >= 4 is 0 Å². The minimum atomic E-state index is 0.221. The molecule has 3 nitrogen and oxygen atoms in total. The summed E-state index contributed by atoms with van der Waals surface area (Å²) in [5.41, 5.74) is 0.442. The summed E-state index contributed by atoms with van der Waals surface area (Å²) in [4.78, 5) is 4.56. The lowest BCUT2D eigenvalue weighted by Gasteiger charge is -2.53. The zero-order valence-corrected chi connectivity index (χ0v) is 12.0. The number of hydrogen-bond donors (Lipinski definition) is 0. The Bertz CT molecular complexity index is 218. The molecular formula is C13H28N2O. The summed E-state index contributed by atoms with van der Waals surface area (Å²) in [6, 6.07) is 0. The number of hydrogen-bond acceptors (Lipinski definition) is 3. The first-order valence-electron chi connectivity index (χ1n) is 6.15. The van der Waals surface area contributed by atoms with Gasteiger partial charge in [-0.1, -0.05) is 0 Å². The molecule has 0 N–H and O–H groups in total. The number of nitrogens with zero attached hydrogens (tertiary/aromatic N) is 2. The average Bonchev–Trinajstić information content (AvgIpc) is 2.10. The van der Waals surface area contributed by atoms with Gasteiger partial charge >= 0.3 is 0 Å². The number of likely N-dealkylation sites (tertiary alicyclic amines) is 1. The van der Waals surface area contributed by atoms with Gasteiger partial charge in [0.15, 0.2) is 0 Å². The monoisotopic (exact) mass is 228 g/mol. The van der Waals surface area contributed by atoms with E-state index in [0.717, 1.165) is 19.6 Å². The first-order chi connectivity index (χ1) is 7.15. The third-order valence-corrected chi connectivity index (χ3v) is 3.84. The van der Waals surface area contributed by atoms with Gasteiger partial charge in [-0.2, -0.15) is 0 Å². The number of ether oxygens (including phenoxy) is 1. The Morgan fingerprint density at radius 3 is 1.94 bits per heavy atom. The Kier molecular flexibility index (Phi) is 4.04. The zero-order valence-electron chi connectivity index (χ0n) is 12.0. The highest BCUT2D eigenvalue weighted by atomic mass is 16.5. The van der Waals surface area contributed by atoms with Crippen LogP contribution in [0.5, 0.6) is 0 Å². The number of rotatable bonds is 3. The molecule has 0 aliphatic carbocycles. The van der Waals surface area contributed by atoms with E-state index in [9.17, 15) is 0 Å². The van der Waals surface area contributed by atoms with E-state index >= 15 is 0 Å². The van der Waals surface area contributed by atoms with Gasteiger partial charge in [0, 0.05) is 11.1 Å². The van der Waals surface area contributed by atoms with E-state index in [1.807, 2.05) is 14.1 Å². The molecule has 0 bridgehead atoms. The summed E-state index contributed by atoms with van der Waals surface area (Å²) < 4.78 is 5.96. The molecule has 96 valence electrons. The van der Waals surface area contributed by atoms with E-state index < -0.39 is 0 Å². The molecule has 1 saturated heterocycles. The zero-order chi connectivity index (χ0) is 12.6. The normalized spacial score (nSPS) is 26.2. The summed E-state index contributed by atoms with van der Waals surface area (Å²) in [6.07, 6.45) is 2.60. The smallest absolute Gasteiger partial charge is 0.0989 e. The minimum absolute atomic E-state index is 0.221. The molecule has 1 rings (SSSR count). The SMILES string of the molecule is CN(C)COC1CC(C)(C)N(C)C(C)(C)C1. The highest BCUT2D eigenvalue weighted by molar-refractivity contribution is 4.98. The van der Waals surface area contributed by atoms with E-state index in [1.165, 1.54) is 0 Å². The van der Waals surface area contributed by atoms with Gasteiger partial charge in [-0.3, -0.25) is 9.80 Å². The van der Waals surface area contributed by atoms with Crippen molar-refractivity contribution in [3.05, 3.63) is 0 Å². The quantitative estimate of drug-likeness (QED) is 0.689. The third kappa shape index (κ3) is 3.19. The second-order valence-corrected chi connectivity index (χ2v) is 6.59. The molecule has 0 unspecified atom stereocenters. The van der Waals surface area contributed by atoms with Gasteiger partial charge in [-0.05, 0) is 61.7 Å². The lowest BCUT2D eigenvalue weighted by atomic mass is 9.79. The molecule has 0 aromatic rings. The fraction of sp³-hybridized carbons (Fsp3) is 1.00. The molecule has 0 amide bonds. The molecule has 0 spiro atoms. The first kappa shape index (κ1) is 13.9. The third-order valence-electron chi connectivity index (χ3n) is 3.84. The molecular weight excluding hydrogens is 200 g/mol. The predicted octanol–water partition coefficient (Wildman–Crippen LogP) is 2.17. The lowest BCUT2D eigenvalue weighted by molar-refractivity contribution is -0.108. The van der Waals surface area contributed by atoms with Gasteiger partial charge in [0.05, 0.1) is 12.8 Å². The maximum absolute atomic E-state index is 5.96. The summed E-state index contributed by atoms with van der Waals surface area (Å²) >= 11 is 0. The van der Waals surface area contributed by atoms with Gasteiger partial charge in [0.25, 0.3) is 0 Å². The van der Waals surface area contributed by atoms with Gasteiger partial charge in [-0.15, -0.1) is 0 Å². The predicted molar refractivity (Wildman–Crippen MR) is 68.6 cm³/mol. The molecule has 16 heavy (non-hydrogen) atoms. The Balaban J connectivity index is 2.64. The fourth-order valence-corrected chi connectivity index (χ4v) is 2.65. The Morgan fingerprint density at radius 1 is 1.12 bits per heavy atom. The minimum Gasteiger partial charge on any atom is -0.363 e. The molecule has 1 fully saturated rings. The Labute approximate surface area is 101 Å². The van der Waals surface area contributed by atoms with Crippen molar-refractivity contribution in [1.82, 2.24) is 9.80 Å². The largest absolute Gasteiger partial charge is 0.363 e. The van der Waals surface area contributed by atoms with Crippen LogP contribution in [0.25, 0.3) is 0 Å². The van der Waals surface area contributed by atoms with Gasteiger partial charge in [0.1, 0.15) is 0 Å². The van der Waals surface area contributed by atoms with Crippen molar-refractivity contribution < 1.29 is 4.74 Å². The topological polar surface area (TPSA) is 15.7 Å². The van der Waals surface area contributed by atoms with Crippen LogP contribution < -0.4 is 0 Å². The van der Waals surface area contributed by atoms with Crippen molar-refractivity contribution in [1.29, 1.82) is 0 Å². The molecule has 3 heteroatoms. The van der Waals surface area contributed by atoms with Gasteiger partial charge in [-0.25, -0.2) is 0 Å². The summed E-state index contributed by atoms with van der Waals surface area (Å²) in [5, 5.41) is 0. The highest BCUT2D eigenvalue weighted by Crippen LogP contribution is 2.37. The molecule has 1 aliphatic heterocycles. The highest BCUT2D eigenvalue weighted by Gasteiger charge is 2.43. The molecule has 0 saturated carbocycles. The van der Waals surface area contributed by atoms with E-state index in [0.29, 0.717) is 6.10 Å². The lowest BCUT2D eigenvalue weighted by Crippen LogP contribution is -2.60. The van der Waals surface area contributed by atoms with Crippen molar-refractivity contribution in [3.8, 4) is 0 Å². The van der Waals surface area contributed by atoms with Crippen LogP contribution in [0.15, 0.2) is 0 Å². The van der Waals surface area contributed by atoms with Crippen molar-refractivity contribution in [2.75, 3.05) is 27.9 Å². The summed E-state index contributed by atoms with van der Waals surface area (Å²) in [5.74, 6) is 0. The van der Waals surface area contributed by atoms with Crippen LogP contribution in [-0.2, 0) is 4.74 Å². The van der Waals surface area contributed by atoms with E-state index in [4.69, 9.17) is 4.74 Å². The van der Waals surface area contributed by atoms with E-state index in [-0.39, 0.29) is 11.1 Å². The number of piperidine rings is 1. The summed E-state index contributed by atoms with van der Waals surface area (Å²) in [7, 11) is 6.32. The van der Waals surface area contributed by atoms with Crippen LogP contribution in [0.2, 0.25) is 0 Å². The standard InChI is InChI=1S/C13H28N2O/c1-12(2)8-11(16-10-14(5)6)9-13(3,4)15(12)7/h11H,8-10H2,1-7H3. The van der Waals surface area contributed by atoms with Crippen LogP contribution in [0.1, 0.15) is 40.5 Å². The maximum Gasteiger partial charge on any atom is 0.0989 e. The first-order valence-corrected chi connectivity index (χ1v) is 6.15. The van der Waals surface area contributed by atoms with Crippen LogP contribution in [0.3, 0.4) is 0 Å². The Morgan fingerprint density at radius 2 is 1.56 bits per heavy atom. The van der Waals surface area contributed by atoms with E-state index in [1.54, 1.807) is 0 Å². The molecule has 1 aliphatic rings. The second-order valence-electron chi connectivity index (χ2n) is 6.59. The van der Waals surface area contributed by atoms with Crippen LogP contribution in [0.4, 0.5) is 0 Å². The van der Waals surface area contributed by atoms with Crippen LogP contribution in [-0.4, -0.2) is 54.9 Å². The van der Waals surface area contributed by atoms with Crippen LogP contribution >= 0.6 is 0 Å². The molecule has 0 radical (unpaired) electrons. The fourth-order valence-electron chi connectivity index (χ4n) is 2.65. The van der Waals surface area contributed by atoms with Gasteiger partial charge < -0.3 is 4.74 Å². The van der Waals surface area contributed by atoms with Crippen LogP contribution in [0, 0.1) is 0 Å². The van der Waals surface area contributed by atoms with Gasteiger partial charge in [0.2, 0.25) is 0 Å². The second kappa shape index (κ2) is 4.63. The molecule has 0 aromatic carbocycles.